The van der Waals surface area contributed by atoms with Gasteiger partial charge in [0.2, 0.25) is 0 Å². The molecule has 12 heavy (non-hydrogen) atoms. The Morgan fingerprint density at radius 1 is 1.58 bits per heavy atom. The lowest BCUT2D eigenvalue weighted by atomic mass is 9.79. The van der Waals surface area contributed by atoms with Crippen LogP contribution in [0.15, 0.2) is 15.9 Å². The Bertz CT molecular complexity index is 292. The summed E-state index contributed by atoms with van der Waals surface area (Å²) in [4.78, 5) is 1.49. The summed E-state index contributed by atoms with van der Waals surface area (Å²) in [5.74, 6) is 0.703. The second-order valence-electron chi connectivity index (χ2n) is 3.80. The molecular formula is C9H12BrNS. The first-order valence-corrected chi connectivity index (χ1v) is 5.71. The van der Waals surface area contributed by atoms with Gasteiger partial charge in [-0.2, -0.15) is 0 Å². The summed E-state index contributed by atoms with van der Waals surface area (Å²) in [6.07, 6.45) is 0. The summed E-state index contributed by atoms with van der Waals surface area (Å²) < 4.78 is 1.24. The molecule has 3 heteroatoms. The minimum Gasteiger partial charge on any atom is -0.310 e. The number of hydrogen-bond donors (Lipinski definition) is 1. The monoisotopic (exact) mass is 245 g/mol. The Morgan fingerprint density at radius 2 is 2.33 bits per heavy atom. The van der Waals surface area contributed by atoms with Crippen LogP contribution >= 0.6 is 27.3 Å². The maximum Gasteiger partial charge on any atom is 0.0701 e. The zero-order chi connectivity index (χ0) is 8.77. The second kappa shape index (κ2) is 2.82. The molecule has 1 unspecified atom stereocenters. The average Bonchev–Trinajstić information content (AvgIpc) is 2.34. The number of nitrogens with one attached hydrogen (secondary N) is 1. The van der Waals surface area contributed by atoms with Crippen LogP contribution in [0.2, 0.25) is 0 Å². The maximum atomic E-state index is 3.49. The molecule has 1 N–H and O–H groups in total. The Balaban J connectivity index is 2.21. The molecule has 0 aromatic carbocycles. The number of halogens is 1. The third-order valence-corrected chi connectivity index (χ3v) is 4.31. The molecule has 1 nitrogen and oxygen atoms in total. The normalized spacial score (nSPS) is 26.8. The molecule has 1 aliphatic heterocycles. The molecule has 1 fully saturated rings. The Morgan fingerprint density at radius 3 is 2.67 bits per heavy atom. The van der Waals surface area contributed by atoms with Crippen LogP contribution in [0.3, 0.4) is 0 Å². The molecule has 2 heterocycles. The predicted octanol–water partition coefficient (Wildman–Crippen LogP) is 2.98. The summed E-state index contributed by atoms with van der Waals surface area (Å²) in [5, 5.41) is 3.43. The van der Waals surface area contributed by atoms with Crippen LogP contribution in [-0.2, 0) is 0 Å². The highest BCUT2D eigenvalue weighted by atomic mass is 79.9. The molecule has 0 bridgehead atoms. The number of thiophene rings is 1. The van der Waals surface area contributed by atoms with Gasteiger partial charge in [-0.15, -0.1) is 11.3 Å². The van der Waals surface area contributed by atoms with E-state index in [-0.39, 0.29) is 0 Å². The SMILES string of the molecule is CC1(C)NCC1c1ccc(Br)s1. The van der Waals surface area contributed by atoms with Gasteiger partial charge in [0.05, 0.1) is 3.79 Å². The Hall–Kier alpha value is 0.140. The fraction of sp³-hybridized carbons (Fsp3) is 0.556. The van der Waals surface area contributed by atoms with Gasteiger partial charge in [0, 0.05) is 22.9 Å². The number of hydrogen-bond acceptors (Lipinski definition) is 2. The van der Waals surface area contributed by atoms with Crippen molar-refractivity contribution in [3.63, 3.8) is 0 Å². The third-order valence-electron chi connectivity index (χ3n) is 2.57. The first kappa shape index (κ1) is 8.73. The van der Waals surface area contributed by atoms with Gasteiger partial charge in [-0.3, -0.25) is 0 Å². The van der Waals surface area contributed by atoms with Crippen molar-refractivity contribution in [2.75, 3.05) is 6.54 Å². The van der Waals surface area contributed by atoms with Crippen LogP contribution in [0.25, 0.3) is 0 Å². The lowest BCUT2D eigenvalue weighted by molar-refractivity contribution is 0.211. The van der Waals surface area contributed by atoms with Crippen molar-refractivity contribution in [3.8, 4) is 0 Å². The van der Waals surface area contributed by atoms with Crippen LogP contribution in [0, 0.1) is 0 Å². The molecule has 0 saturated carbocycles. The highest BCUT2D eigenvalue weighted by Crippen LogP contribution is 2.39. The van der Waals surface area contributed by atoms with Crippen molar-refractivity contribution in [2.45, 2.75) is 25.3 Å². The van der Waals surface area contributed by atoms with Gasteiger partial charge >= 0.3 is 0 Å². The molecule has 66 valence electrons. The lowest BCUT2D eigenvalue weighted by Gasteiger charge is -2.45. The van der Waals surface area contributed by atoms with Crippen LogP contribution in [0.5, 0.6) is 0 Å². The van der Waals surface area contributed by atoms with E-state index >= 15 is 0 Å². The van der Waals surface area contributed by atoms with Crippen LogP contribution in [0.4, 0.5) is 0 Å². The van der Waals surface area contributed by atoms with Crippen molar-refractivity contribution in [2.24, 2.45) is 0 Å². The Kier molecular flexibility index (Phi) is 2.05. The summed E-state index contributed by atoms with van der Waals surface area (Å²) >= 11 is 5.34. The second-order valence-corrected chi connectivity index (χ2v) is 6.29. The molecule has 2 rings (SSSR count). The smallest absolute Gasteiger partial charge is 0.0701 e. The van der Waals surface area contributed by atoms with Gasteiger partial charge in [-0.05, 0) is 41.9 Å². The standard InChI is InChI=1S/C9H12BrNS/c1-9(2)6(5-11-9)7-3-4-8(10)12-7/h3-4,6,11H,5H2,1-2H3. The largest absolute Gasteiger partial charge is 0.310 e. The molecule has 1 saturated heterocycles. The molecule has 1 atom stereocenters. The first-order chi connectivity index (χ1) is 5.59. The topological polar surface area (TPSA) is 12.0 Å². The summed E-state index contributed by atoms with van der Waals surface area (Å²) in [6.45, 7) is 5.64. The van der Waals surface area contributed by atoms with Gasteiger partial charge in [-0.1, -0.05) is 0 Å². The van der Waals surface area contributed by atoms with E-state index in [9.17, 15) is 0 Å². The van der Waals surface area contributed by atoms with Crippen molar-refractivity contribution in [3.05, 3.63) is 20.8 Å². The van der Waals surface area contributed by atoms with E-state index in [1.54, 1.807) is 0 Å². The van der Waals surface area contributed by atoms with Gasteiger partial charge in [0.15, 0.2) is 0 Å². The zero-order valence-electron chi connectivity index (χ0n) is 7.23. The highest BCUT2D eigenvalue weighted by molar-refractivity contribution is 9.11. The van der Waals surface area contributed by atoms with E-state index in [4.69, 9.17) is 0 Å². The molecule has 1 aromatic rings. The van der Waals surface area contributed by atoms with E-state index in [0.717, 1.165) is 6.54 Å². The fourth-order valence-electron chi connectivity index (χ4n) is 1.58. The van der Waals surface area contributed by atoms with Crippen LogP contribution < -0.4 is 5.32 Å². The lowest BCUT2D eigenvalue weighted by Crippen LogP contribution is -2.59. The summed E-state index contributed by atoms with van der Waals surface area (Å²) in [5.41, 5.74) is 0.296. The van der Waals surface area contributed by atoms with E-state index in [0.29, 0.717) is 11.5 Å². The average molecular weight is 246 g/mol. The van der Waals surface area contributed by atoms with E-state index in [1.165, 1.54) is 8.66 Å². The highest BCUT2D eigenvalue weighted by Gasteiger charge is 2.39. The predicted molar refractivity (Wildman–Crippen MR) is 56.8 cm³/mol. The Labute approximate surface area is 85.3 Å². The van der Waals surface area contributed by atoms with E-state index < -0.39 is 0 Å². The van der Waals surface area contributed by atoms with Gasteiger partial charge in [0.25, 0.3) is 0 Å². The van der Waals surface area contributed by atoms with Gasteiger partial charge < -0.3 is 5.32 Å². The molecular weight excluding hydrogens is 234 g/mol. The summed E-state index contributed by atoms with van der Waals surface area (Å²) in [7, 11) is 0. The first-order valence-electron chi connectivity index (χ1n) is 4.10. The van der Waals surface area contributed by atoms with Gasteiger partial charge in [0.1, 0.15) is 0 Å². The minimum absolute atomic E-state index is 0.296. The van der Waals surface area contributed by atoms with Crippen molar-refractivity contribution in [1.82, 2.24) is 5.32 Å². The van der Waals surface area contributed by atoms with Gasteiger partial charge in [-0.25, -0.2) is 0 Å². The minimum atomic E-state index is 0.296. The molecule has 0 aliphatic carbocycles. The quantitative estimate of drug-likeness (QED) is 0.803. The van der Waals surface area contributed by atoms with Crippen molar-refractivity contribution in [1.29, 1.82) is 0 Å². The number of rotatable bonds is 1. The van der Waals surface area contributed by atoms with E-state index in [2.05, 4.69) is 47.2 Å². The molecule has 1 aliphatic rings. The van der Waals surface area contributed by atoms with Crippen LogP contribution in [0.1, 0.15) is 24.6 Å². The maximum absolute atomic E-state index is 3.49. The molecule has 1 aromatic heterocycles. The van der Waals surface area contributed by atoms with Crippen molar-refractivity contribution < 1.29 is 0 Å². The molecule has 0 spiro atoms. The zero-order valence-corrected chi connectivity index (χ0v) is 9.63. The van der Waals surface area contributed by atoms with Crippen molar-refractivity contribution >= 4 is 27.3 Å². The molecule has 0 radical (unpaired) electrons. The van der Waals surface area contributed by atoms with E-state index in [1.807, 2.05) is 11.3 Å². The fourth-order valence-corrected chi connectivity index (χ4v) is 3.29. The molecule has 0 amide bonds. The summed E-state index contributed by atoms with van der Waals surface area (Å²) in [6, 6.07) is 4.36. The van der Waals surface area contributed by atoms with Crippen LogP contribution in [-0.4, -0.2) is 12.1 Å². The third kappa shape index (κ3) is 1.34.